The Hall–Kier alpha value is -3.14. The number of nitrogens with zero attached hydrogens (tertiary/aromatic N) is 2. The van der Waals surface area contributed by atoms with Gasteiger partial charge in [-0.3, -0.25) is 4.79 Å². The molecular weight excluding hydrogens is 298 g/mol. The van der Waals surface area contributed by atoms with Crippen molar-refractivity contribution in [3.8, 4) is 0 Å². The summed E-state index contributed by atoms with van der Waals surface area (Å²) in [6.07, 6.45) is 7.60. The number of para-hydroxylation sites is 1. The first kappa shape index (κ1) is 15.7. The highest BCUT2D eigenvalue weighted by Gasteiger charge is 1.99. The van der Waals surface area contributed by atoms with Gasteiger partial charge in [-0.1, -0.05) is 42.5 Å². The van der Waals surface area contributed by atoms with Gasteiger partial charge in [0.15, 0.2) is 0 Å². The minimum absolute atomic E-state index is 0.122. The number of rotatable bonds is 4. The van der Waals surface area contributed by atoms with Crippen molar-refractivity contribution in [2.45, 2.75) is 0 Å². The van der Waals surface area contributed by atoms with Crippen molar-refractivity contribution in [2.24, 2.45) is 0 Å². The zero-order valence-electron chi connectivity index (χ0n) is 13.7. The lowest BCUT2D eigenvalue weighted by molar-refractivity contribution is 1.13. The molecule has 4 heteroatoms. The summed E-state index contributed by atoms with van der Waals surface area (Å²) in [7, 11) is 4.04. The summed E-state index contributed by atoms with van der Waals surface area (Å²) in [5, 5.41) is 0.603. The van der Waals surface area contributed by atoms with Crippen LogP contribution in [0.2, 0.25) is 0 Å². The number of aromatic amines is 1. The standard InChI is InChI=1S/C20H19N3O/c1-23(2)16-13-11-15(12-14-16)7-3-6-10-19-21-18-9-5-4-8-17(18)20(24)22-19/h3-14H,1-2H3,(H,21,22,24)/b7-3+,10-6+. The molecule has 3 rings (SSSR count). The van der Waals surface area contributed by atoms with E-state index in [1.54, 1.807) is 12.1 Å². The normalized spacial score (nSPS) is 11.6. The van der Waals surface area contributed by atoms with Crippen LogP contribution in [0.15, 0.2) is 65.5 Å². The van der Waals surface area contributed by atoms with Crippen molar-refractivity contribution in [1.82, 2.24) is 9.97 Å². The van der Waals surface area contributed by atoms with Crippen LogP contribution in [0.5, 0.6) is 0 Å². The number of anilines is 1. The molecule has 0 atom stereocenters. The molecule has 0 aliphatic rings. The van der Waals surface area contributed by atoms with Gasteiger partial charge in [-0.25, -0.2) is 4.98 Å². The minimum Gasteiger partial charge on any atom is -0.378 e. The van der Waals surface area contributed by atoms with Crippen molar-refractivity contribution < 1.29 is 0 Å². The average molecular weight is 317 g/mol. The largest absolute Gasteiger partial charge is 0.378 e. The topological polar surface area (TPSA) is 49.0 Å². The molecule has 0 saturated heterocycles. The third-order valence-electron chi connectivity index (χ3n) is 3.69. The van der Waals surface area contributed by atoms with E-state index in [1.807, 2.05) is 50.5 Å². The summed E-state index contributed by atoms with van der Waals surface area (Å²) in [6.45, 7) is 0. The first-order chi connectivity index (χ1) is 11.6. The third-order valence-corrected chi connectivity index (χ3v) is 3.69. The highest BCUT2D eigenvalue weighted by atomic mass is 16.1. The predicted molar refractivity (Wildman–Crippen MR) is 101 cm³/mol. The van der Waals surface area contributed by atoms with Crippen LogP contribution in [0.1, 0.15) is 11.4 Å². The van der Waals surface area contributed by atoms with Gasteiger partial charge in [0.1, 0.15) is 5.82 Å². The molecule has 0 radical (unpaired) electrons. The maximum Gasteiger partial charge on any atom is 0.259 e. The molecule has 2 aromatic carbocycles. The molecular formula is C20H19N3O. The summed E-state index contributed by atoms with van der Waals surface area (Å²) in [5.74, 6) is 0.548. The van der Waals surface area contributed by atoms with Gasteiger partial charge in [-0.15, -0.1) is 0 Å². The van der Waals surface area contributed by atoms with E-state index in [1.165, 1.54) is 5.69 Å². The molecule has 0 amide bonds. The van der Waals surface area contributed by atoms with E-state index in [0.29, 0.717) is 16.7 Å². The quantitative estimate of drug-likeness (QED) is 0.746. The van der Waals surface area contributed by atoms with Crippen molar-refractivity contribution in [3.63, 3.8) is 0 Å². The molecule has 0 fully saturated rings. The fourth-order valence-electron chi connectivity index (χ4n) is 2.38. The lowest BCUT2D eigenvalue weighted by Crippen LogP contribution is -2.09. The molecule has 0 unspecified atom stereocenters. The first-order valence-corrected chi connectivity index (χ1v) is 7.75. The van der Waals surface area contributed by atoms with E-state index < -0.39 is 0 Å². The molecule has 0 aliphatic carbocycles. The van der Waals surface area contributed by atoms with Gasteiger partial charge < -0.3 is 9.88 Å². The Morgan fingerprint density at radius 1 is 0.958 bits per heavy atom. The zero-order valence-corrected chi connectivity index (χ0v) is 13.7. The molecule has 24 heavy (non-hydrogen) atoms. The van der Waals surface area contributed by atoms with E-state index >= 15 is 0 Å². The summed E-state index contributed by atoms with van der Waals surface area (Å²) in [5.41, 5.74) is 2.86. The van der Waals surface area contributed by atoms with Gasteiger partial charge >= 0.3 is 0 Å². The number of hydrogen-bond donors (Lipinski definition) is 1. The van der Waals surface area contributed by atoms with E-state index in [-0.39, 0.29) is 5.56 Å². The zero-order chi connectivity index (χ0) is 16.9. The van der Waals surface area contributed by atoms with Gasteiger partial charge in [0, 0.05) is 19.8 Å². The van der Waals surface area contributed by atoms with Crippen LogP contribution in [0.3, 0.4) is 0 Å². The lowest BCUT2D eigenvalue weighted by atomic mass is 10.2. The lowest BCUT2D eigenvalue weighted by Gasteiger charge is -2.11. The van der Waals surface area contributed by atoms with Crippen LogP contribution >= 0.6 is 0 Å². The maximum absolute atomic E-state index is 12.0. The smallest absolute Gasteiger partial charge is 0.259 e. The summed E-state index contributed by atoms with van der Waals surface area (Å²) in [4.78, 5) is 21.3. The molecule has 0 spiro atoms. The number of H-pyrrole nitrogens is 1. The van der Waals surface area contributed by atoms with Crippen LogP contribution in [-0.2, 0) is 0 Å². The van der Waals surface area contributed by atoms with Crippen molar-refractivity contribution in [3.05, 3.63) is 82.4 Å². The Labute approximate surface area is 140 Å². The number of benzene rings is 2. The SMILES string of the molecule is CN(C)c1ccc(/C=C/C=C/c2nc3ccccc3c(=O)[nH]2)cc1. The van der Waals surface area contributed by atoms with E-state index in [9.17, 15) is 4.79 Å². The number of allylic oxidation sites excluding steroid dienone is 2. The summed E-state index contributed by atoms with van der Waals surface area (Å²) < 4.78 is 0. The number of aromatic nitrogens is 2. The highest BCUT2D eigenvalue weighted by molar-refractivity contribution is 5.78. The Morgan fingerprint density at radius 3 is 2.42 bits per heavy atom. The Bertz CT molecular complexity index is 951. The fraction of sp³-hybridized carbons (Fsp3) is 0.100. The molecule has 4 nitrogen and oxygen atoms in total. The van der Waals surface area contributed by atoms with Gasteiger partial charge in [-0.2, -0.15) is 0 Å². The second kappa shape index (κ2) is 6.96. The number of hydrogen-bond acceptors (Lipinski definition) is 3. The third kappa shape index (κ3) is 3.60. The van der Waals surface area contributed by atoms with Crippen LogP contribution in [0, 0.1) is 0 Å². The predicted octanol–water partition coefficient (Wildman–Crippen LogP) is 3.72. The summed E-state index contributed by atoms with van der Waals surface area (Å²) >= 11 is 0. The van der Waals surface area contributed by atoms with Crippen molar-refractivity contribution in [1.29, 1.82) is 0 Å². The maximum atomic E-state index is 12.0. The van der Waals surface area contributed by atoms with E-state index in [0.717, 1.165) is 5.56 Å². The molecule has 120 valence electrons. The second-order valence-corrected chi connectivity index (χ2v) is 5.67. The Kier molecular flexibility index (Phi) is 4.57. The van der Waals surface area contributed by atoms with Crippen LogP contribution < -0.4 is 10.5 Å². The molecule has 0 bridgehead atoms. The second-order valence-electron chi connectivity index (χ2n) is 5.67. The van der Waals surface area contributed by atoms with Gasteiger partial charge in [0.2, 0.25) is 0 Å². The molecule has 1 aromatic heterocycles. The molecule has 1 N–H and O–H groups in total. The minimum atomic E-state index is -0.122. The Morgan fingerprint density at radius 2 is 1.67 bits per heavy atom. The van der Waals surface area contributed by atoms with Crippen molar-refractivity contribution in [2.75, 3.05) is 19.0 Å². The molecule has 0 saturated carbocycles. The van der Waals surface area contributed by atoms with E-state index in [4.69, 9.17) is 0 Å². The number of fused-ring (bicyclic) bond motifs is 1. The summed E-state index contributed by atoms with van der Waals surface area (Å²) in [6, 6.07) is 15.6. The molecule has 0 aliphatic heterocycles. The van der Waals surface area contributed by atoms with Crippen LogP contribution in [-0.4, -0.2) is 24.1 Å². The number of nitrogens with one attached hydrogen (secondary N) is 1. The van der Waals surface area contributed by atoms with Gasteiger partial charge in [0.25, 0.3) is 5.56 Å². The fourth-order valence-corrected chi connectivity index (χ4v) is 2.38. The van der Waals surface area contributed by atoms with Crippen LogP contribution in [0.4, 0.5) is 5.69 Å². The monoisotopic (exact) mass is 317 g/mol. The van der Waals surface area contributed by atoms with Gasteiger partial charge in [0.05, 0.1) is 10.9 Å². The molecule has 1 heterocycles. The Balaban J connectivity index is 1.75. The average Bonchev–Trinajstić information content (AvgIpc) is 2.59. The van der Waals surface area contributed by atoms with Crippen LogP contribution in [0.25, 0.3) is 23.1 Å². The first-order valence-electron chi connectivity index (χ1n) is 7.75. The van der Waals surface area contributed by atoms with Crippen molar-refractivity contribution >= 4 is 28.7 Å². The molecule has 3 aromatic rings. The highest BCUT2D eigenvalue weighted by Crippen LogP contribution is 2.13. The van der Waals surface area contributed by atoms with Gasteiger partial charge in [-0.05, 0) is 35.9 Å². The van der Waals surface area contributed by atoms with E-state index in [2.05, 4.69) is 39.1 Å².